The van der Waals surface area contributed by atoms with Gasteiger partial charge in [0, 0.05) is 6.20 Å². The first kappa shape index (κ1) is 18.2. The molecule has 9 heteroatoms. The number of hydrogen-bond acceptors (Lipinski definition) is 4. The van der Waals surface area contributed by atoms with Crippen molar-refractivity contribution in [3.63, 3.8) is 0 Å². The maximum atomic E-state index is 13.1. The number of carbonyl (C=O) groups excluding carboxylic acids is 1. The topological polar surface area (TPSA) is 70.7 Å². The van der Waals surface area contributed by atoms with Crippen LogP contribution in [0.5, 0.6) is 0 Å². The van der Waals surface area contributed by atoms with Crippen molar-refractivity contribution in [1.29, 1.82) is 0 Å². The van der Waals surface area contributed by atoms with Crippen molar-refractivity contribution in [1.82, 2.24) is 15.0 Å². The van der Waals surface area contributed by atoms with Crippen LogP contribution in [0.15, 0.2) is 47.8 Å². The Morgan fingerprint density at radius 3 is 2.73 bits per heavy atom. The number of aromatic amines is 1. The lowest BCUT2D eigenvalue weighted by molar-refractivity contribution is -0.137. The molecule has 1 aromatic carbocycles. The molecular weight excluding hydrogens is 365 g/mol. The minimum atomic E-state index is -4.54. The average molecular weight is 380 g/mol. The number of amides is 1. The highest BCUT2D eigenvalue weighted by molar-refractivity contribution is 8.00. The van der Waals surface area contributed by atoms with Crippen LogP contribution in [0.4, 0.5) is 18.9 Å². The number of hydrogen-bond donors (Lipinski definition) is 2. The van der Waals surface area contributed by atoms with E-state index in [1.54, 1.807) is 25.3 Å². The number of rotatable bonds is 5. The lowest BCUT2D eigenvalue weighted by Crippen LogP contribution is -2.26. The number of fused-ring (bicyclic) bond motifs is 1. The third-order valence-electron chi connectivity index (χ3n) is 3.64. The monoisotopic (exact) mass is 380 g/mol. The number of para-hydroxylation sites is 1. The van der Waals surface area contributed by atoms with Crippen molar-refractivity contribution in [3.8, 4) is 0 Å². The number of pyridine rings is 1. The molecule has 2 heterocycles. The molecule has 0 aliphatic rings. The van der Waals surface area contributed by atoms with Crippen molar-refractivity contribution in [2.75, 3.05) is 5.32 Å². The summed E-state index contributed by atoms with van der Waals surface area (Å²) in [5.74, 6) is -0.511. The maximum absolute atomic E-state index is 13.1. The molecule has 0 aliphatic carbocycles. The summed E-state index contributed by atoms with van der Waals surface area (Å²) in [5, 5.41) is 2.28. The summed E-state index contributed by atoms with van der Waals surface area (Å²) in [6.45, 7) is 1.79. The normalized spacial score (nSPS) is 12.9. The summed E-state index contributed by atoms with van der Waals surface area (Å²) in [7, 11) is 0. The van der Waals surface area contributed by atoms with Crippen molar-refractivity contribution >= 4 is 34.5 Å². The Kier molecular flexibility index (Phi) is 5.17. The number of benzene rings is 1. The standard InChI is InChI=1S/C17H15F3N4OS/c1-2-13(26-16-23-12-8-5-9-21-14(12)24-16)15(25)22-11-7-4-3-6-10(11)17(18,19)20/h3-9,13H,2H2,1H3,(H,22,25)(H,21,23,24)/t13-/m0/s1. The van der Waals surface area contributed by atoms with Crippen LogP contribution >= 0.6 is 11.8 Å². The molecule has 1 amide bonds. The number of aromatic nitrogens is 3. The fraction of sp³-hybridized carbons (Fsp3) is 0.235. The Labute approximate surface area is 151 Å². The van der Waals surface area contributed by atoms with E-state index in [4.69, 9.17) is 0 Å². The molecule has 0 bridgehead atoms. The number of anilines is 1. The molecule has 0 spiro atoms. The Bertz CT molecular complexity index is 893. The van der Waals surface area contributed by atoms with Gasteiger partial charge in [-0.3, -0.25) is 4.79 Å². The Hall–Kier alpha value is -2.55. The summed E-state index contributed by atoms with van der Waals surface area (Å²) in [6, 6.07) is 8.47. The molecule has 5 nitrogen and oxygen atoms in total. The summed E-state index contributed by atoms with van der Waals surface area (Å²) < 4.78 is 39.2. The van der Waals surface area contributed by atoms with Crippen LogP contribution in [0.2, 0.25) is 0 Å². The van der Waals surface area contributed by atoms with Crippen LogP contribution in [0.3, 0.4) is 0 Å². The van der Waals surface area contributed by atoms with Crippen molar-refractivity contribution < 1.29 is 18.0 Å². The van der Waals surface area contributed by atoms with E-state index in [1.807, 2.05) is 0 Å². The van der Waals surface area contributed by atoms with Gasteiger partial charge in [-0.2, -0.15) is 13.2 Å². The van der Waals surface area contributed by atoms with Crippen LogP contribution in [-0.4, -0.2) is 26.1 Å². The van der Waals surface area contributed by atoms with Crippen molar-refractivity contribution in [3.05, 3.63) is 48.2 Å². The Balaban J connectivity index is 1.77. The van der Waals surface area contributed by atoms with Crippen molar-refractivity contribution in [2.24, 2.45) is 0 Å². The van der Waals surface area contributed by atoms with E-state index in [0.29, 0.717) is 17.2 Å². The van der Waals surface area contributed by atoms with Crippen LogP contribution in [-0.2, 0) is 11.0 Å². The van der Waals surface area contributed by atoms with Crippen LogP contribution in [0, 0.1) is 0 Å². The second-order valence-corrected chi connectivity index (χ2v) is 6.66. The molecule has 2 N–H and O–H groups in total. The molecule has 0 saturated carbocycles. The van der Waals surface area contributed by atoms with E-state index in [-0.39, 0.29) is 5.69 Å². The second kappa shape index (κ2) is 7.36. The number of halogens is 3. The predicted molar refractivity (Wildman–Crippen MR) is 93.9 cm³/mol. The highest BCUT2D eigenvalue weighted by Crippen LogP contribution is 2.35. The molecule has 1 atom stereocenters. The van der Waals surface area contributed by atoms with Crippen molar-refractivity contribution in [2.45, 2.75) is 29.9 Å². The number of nitrogens with zero attached hydrogens (tertiary/aromatic N) is 2. The molecule has 26 heavy (non-hydrogen) atoms. The highest BCUT2D eigenvalue weighted by atomic mass is 32.2. The molecule has 3 aromatic rings. The smallest absolute Gasteiger partial charge is 0.332 e. The van der Waals surface area contributed by atoms with E-state index < -0.39 is 22.9 Å². The third kappa shape index (κ3) is 3.98. The highest BCUT2D eigenvalue weighted by Gasteiger charge is 2.34. The molecule has 0 radical (unpaired) electrons. The van der Waals surface area contributed by atoms with E-state index in [0.717, 1.165) is 23.3 Å². The molecule has 0 unspecified atom stereocenters. The first-order chi connectivity index (χ1) is 12.4. The maximum Gasteiger partial charge on any atom is 0.418 e. The SMILES string of the molecule is CC[C@H](Sc1nc2ncccc2[nH]1)C(=O)Nc1ccccc1C(F)(F)F. The number of nitrogens with one attached hydrogen (secondary N) is 2. The fourth-order valence-electron chi connectivity index (χ4n) is 2.39. The predicted octanol–water partition coefficient (Wildman–Crippen LogP) is 4.49. The van der Waals surface area contributed by atoms with Gasteiger partial charge in [-0.15, -0.1) is 0 Å². The largest absolute Gasteiger partial charge is 0.418 e. The second-order valence-electron chi connectivity index (χ2n) is 5.46. The van der Waals surface area contributed by atoms with Gasteiger partial charge in [-0.1, -0.05) is 30.8 Å². The molecular formula is C17H15F3N4OS. The van der Waals surface area contributed by atoms with E-state index in [9.17, 15) is 18.0 Å². The van der Waals surface area contributed by atoms with Crippen LogP contribution < -0.4 is 5.32 Å². The number of H-pyrrole nitrogens is 1. The molecule has 2 aromatic heterocycles. The van der Waals surface area contributed by atoms with Gasteiger partial charge in [-0.25, -0.2) is 9.97 Å². The van der Waals surface area contributed by atoms with Gasteiger partial charge < -0.3 is 10.3 Å². The number of thioether (sulfide) groups is 1. The first-order valence-corrected chi connectivity index (χ1v) is 8.71. The molecule has 0 aliphatic heterocycles. The molecule has 3 rings (SSSR count). The van der Waals surface area contributed by atoms with Crippen LogP contribution in [0.1, 0.15) is 18.9 Å². The summed E-state index contributed by atoms with van der Waals surface area (Å²) >= 11 is 1.16. The lowest BCUT2D eigenvalue weighted by Gasteiger charge is -2.17. The zero-order valence-corrected chi connectivity index (χ0v) is 14.5. The number of alkyl halides is 3. The first-order valence-electron chi connectivity index (χ1n) is 7.83. The average Bonchev–Trinajstić information content (AvgIpc) is 3.01. The number of carbonyl (C=O) groups is 1. The third-order valence-corrected chi connectivity index (χ3v) is 4.89. The Morgan fingerprint density at radius 2 is 2.04 bits per heavy atom. The number of imidazole rings is 1. The van der Waals surface area contributed by atoms with Gasteiger partial charge in [0.05, 0.1) is 22.0 Å². The molecule has 0 fully saturated rings. The summed E-state index contributed by atoms with van der Waals surface area (Å²) in [5.41, 5.74) is 0.122. The molecule has 0 saturated heterocycles. The zero-order valence-electron chi connectivity index (χ0n) is 13.7. The van der Waals surface area contributed by atoms with E-state index >= 15 is 0 Å². The minimum Gasteiger partial charge on any atom is -0.332 e. The summed E-state index contributed by atoms with van der Waals surface area (Å²) in [6.07, 6.45) is -2.51. The zero-order chi connectivity index (χ0) is 18.7. The van der Waals surface area contributed by atoms with Gasteiger partial charge in [-0.05, 0) is 30.7 Å². The lowest BCUT2D eigenvalue weighted by atomic mass is 10.1. The molecule has 136 valence electrons. The quantitative estimate of drug-likeness (QED) is 0.640. The van der Waals surface area contributed by atoms with Gasteiger partial charge in [0.15, 0.2) is 10.8 Å². The van der Waals surface area contributed by atoms with E-state index in [2.05, 4.69) is 20.3 Å². The summed E-state index contributed by atoms with van der Waals surface area (Å²) in [4.78, 5) is 23.9. The minimum absolute atomic E-state index is 0.254. The van der Waals surface area contributed by atoms with Gasteiger partial charge in [0.2, 0.25) is 5.91 Å². The Morgan fingerprint density at radius 1 is 1.27 bits per heavy atom. The van der Waals surface area contributed by atoms with Crippen LogP contribution in [0.25, 0.3) is 11.2 Å². The van der Waals surface area contributed by atoms with Gasteiger partial charge in [0.1, 0.15) is 0 Å². The van der Waals surface area contributed by atoms with E-state index in [1.165, 1.54) is 18.2 Å². The van der Waals surface area contributed by atoms with Gasteiger partial charge >= 0.3 is 6.18 Å². The van der Waals surface area contributed by atoms with Gasteiger partial charge in [0.25, 0.3) is 0 Å². The fourth-order valence-corrected chi connectivity index (χ4v) is 3.30.